The number of hydrogen-bond acceptors (Lipinski definition) is 8. The largest absolute Gasteiger partial charge is 0.488 e. The average Bonchev–Trinajstić information content (AvgIpc) is 3.40. The van der Waals surface area contributed by atoms with Gasteiger partial charge in [-0.1, -0.05) is 24.3 Å². The molecule has 0 fully saturated rings. The molecule has 10 nitrogen and oxygen atoms in total. The molecule has 0 atom stereocenters. The van der Waals surface area contributed by atoms with Crippen molar-refractivity contribution in [3.63, 3.8) is 0 Å². The first-order valence-electron chi connectivity index (χ1n) is 10.4. The Balaban J connectivity index is 1.56. The third-order valence-electron chi connectivity index (χ3n) is 5.57. The Bertz CT molecular complexity index is 1390. The number of nitrogens with two attached hydrogens (primary N) is 1. The number of anilines is 1. The van der Waals surface area contributed by atoms with Crippen LogP contribution in [0.3, 0.4) is 0 Å². The molecule has 0 bridgehead atoms. The molecule has 1 amide bonds. The Morgan fingerprint density at radius 1 is 1.24 bits per heavy atom. The zero-order chi connectivity index (χ0) is 23.1. The summed E-state index contributed by atoms with van der Waals surface area (Å²) in [6, 6.07) is 10.4. The van der Waals surface area contributed by atoms with Gasteiger partial charge in [0, 0.05) is 19.2 Å². The van der Waals surface area contributed by atoms with E-state index in [0.29, 0.717) is 65.2 Å². The number of carbonyl (C=O) groups excluding carboxylic acids is 1. The lowest BCUT2D eigenvalue weighted by atomic mass is 9.79. The molecule has 0 aliphatic carbocycles. The maximum absolute atomic E-state index is 11.8. The highest BCUT2D eigenvalue weighted by molar-refractivity contribution is 6.58. The molecule has 0 unspecified atom stereocenters. The first-order valence-corrected chi connectivity index (χ1v) is 10.4. The number of hydrogen-bond donors (Lipinski definition) is 4. The minimum Gasteiger partial charge on any atom is -0.477 e. The maximum Gasteiger partial charge on any atom is 0.488 e. The number of aryl methyl sites for hydroxylation is 1. The van der Waals surface area contributed by atoms with Crippen LogP contribution in [0.1, 0.15) is 27.2 Å². The number of amides is 1. The van der Waals surface area contributed by atoms with Crippen molar-refractivity contribution in [1.82, 2.24) is 19.4 Å². The molecular formula is C22H21BN6O4. The van der Waals surface area contributed by atoms with Crippen molar-refractivity contribution in [3.05, 3.63) is 65.0 Å². The van der Waals surface area contributed by atoms with Crippen molar-refractivity contribution in [2.24, 2.45) is 5.73 Å². The number of nitrogens with zero attached hydrogens (tertiary/aromatic N) is 4. The third-order valence-corrected chi connectivity index (χ3v) is 5.57. The predicted octanol–water partition coefficient (Wildman–Crippen LogP) is 0.425. The van der Waals surface area contributed by atoms with Gasteiger partial charge in [-0.25, -0.2) is 9.97 Å². The fraction of sp³-hybridized carbons (Fsp3) is 0.182. The van der Waals surface area contributed by atoms with Crippen molar-refractivity contribution in [1.29, 1.82) is 0 Å². The topological polar surface area (TPSA) is 148 Å². The Morgan fingerprint density at radius 2 is 2.09 bits per heavy atom. The summed E-state index contributed by atoms with van der Waals surface area (Å²) in [5.74, 6) is 0.975. The van der Waals surface area contributed by atoms with E-state index in [1.54, 1.807) is 40.9 Å². The molecule has 0 saturated carbocycles. The number of aromatic nitrogens is 4. The summed E-state index contributed by atoms with van der Waals surface area (Å²) in [5.41, 5.74) is 9.72. The summed E-state index contributed by atoms with van der Waals surface area (Å²) in [6.07, 6.45) is 2.46. The fourth-order valence-electron chi connectivity index (χ4n) is 4.00. The van der Waals surface area contributed by atoms with E-state index in [4.69, 9.17) is 15.5 Å². The van der Waals surface area contributed by atoms with Gasteiger partial charge in [-0.2, -0.15) is 4.98 Å². The highest BCUT2D eigenvalue weighted by Crippen LogP contribution is 2.33. The number of carbonyl (C=O) groups is 1. The SMILES string of the molecule is Cc1nc2c(C(N)=O)cccn2c1-c1nc(NCc2cccc(B(O)O)c2)c2c(n1)OCC2. The lowest BCUT2D eigenvalue weighted by molar-refractivity contribution is 0.100. The van der Waals surface area contributed by atoms with Crippen LogP contribution >= 0.6 is 0 Å². The number of imidazole rings is 1. The van der Waals surface area contributed by atoms with E-state index in [-0.39, 0.29) is 0 Å². The lowest BCUT2D eigenvalue weighted by Crippen LogP contribution is -2.30. The molecule has 5 rings (SSSR count). The van der Waals surface area contributed by atoms with Crippen LogP contribution in [-0.2, 0) is 13.0 Å². The molecule has 1 aliphatic rings. The van der Waals surface area contributed by atoms with Crippen molar-refractivity contribution < 1.29 is 19.6 Å². The smallest absolute Gasteiger partial charge is 0.477 e. The predicted molar refractivity (Wildman–Crippen MR) is 122 cm³/mol. The second-order valence-electron chi connectivity index (χ2n) is 7.78. The van der Waals surface area contributed by atoms with E-state index in [1.807, 2.05) is 13.0 Å². The van der Waals surface area contributed by atoms with Gasteiger partial charge in [-0.3, -0.25) is 9.20 Å². The summed E-state index contributed by atoms with van der Waals surface area (Å²) < 4.78 is 7.49. The Morgan fingerprint density at radius 3 is 2.88 bits per heavy atom. The van der Waals surface area contributed by atoms with Gasteiger partial charge < -0.3 is 25.8 Å². The van der Waals surface area contributed by atoms with Gasteiger partial charge in [0.15, 0.2) is 5.82 Å². The number of nitrogens with one attached hydrogen (secondary N) is 1. The van der Waals surface area contributed by atoms with Crippen molar-refractivity contribution >= 4 is 30.0 Å². The van der Waals surface area contributed by atoms with E-state index in [2.05, 4.69) is 15.3 Å². The fourth-order valence-corrected chi connectivity index (χ4v) is 4.00. The second kappa shape index (κ2) is 8.19. The second-order valence-corrected chi connectivity index (χ2v) is 7.78. The molecule has 1 aromatic carbocycles. The third kappa shape index (κ3) is 3.77. The molecule has 0 radical (unpaired) electrons. The Hall–Kier alpha value is -3.96. The average molecular weight is 444 g/mol. The van der Waals surface area contributed by atoms with Crippen LogP contribution in [0.5, 0.6) is 5.88 Å². The normalized spacial score (nSPS) is 12.5. The molecule has 1 aliphatic heterocycles. The van der Waals surface area contributed by atoms with Gasteiger partial charge in [0.1, 0.15) is 17.2 Å². The standard InChI is InChI=1S/C22H21BN6O4/c1-12-17(29-8-3-6-15(18(24)30)21(29)26-12)20-27-19(16-7-9-33-22(16)28-20)25-11-13-4-2-5-14(10-13)23(31)32/h2-6,8,10,31-32H,7,9,11H2,1H3,(H2,24,30)(H,25,27,28). The van der Waals surface area contributed by atoms with E-state index >= 15 is 0 Å². The highest BCUT2D eigenvalue weighted by atomic mass is 16.5. The summed E-state index contributed by atoms with van der Waals surface area (Å²) in [5, 5.41) is 22.2. The van der Waals surface area contributed by atoms with Crippen molar-refractivity contribution in [2.75, 3.05) is 11.9 Å². The first kappa shape index (κ1) is 20.9. The molecule has 5 N–H and O–H groups in total. The van der Waals surface area contributed by atoms with E-state index in [9.17, 15) is 14.8 Å². The van der Waals surface area contributed by atoms with Crippen molar-refractivity contribution in [3.8, 4) is 17.4 Å². The maximum atomic E-state index is 11.8. The number of fused-ring (bicyclic) bond motifs is 2. The van der Waals surface area contributed by atoms with Gasteiger partial charge in [0.05, 0.1) is 23.4 Å². The molecule has 4 aromatic rings. The van der Waals surface area contributed by atoms with Crippen LogP contribution in [-0.4, -0.2) is 49.0 Å². The number of primary amides is 1. The van der Waals surface area contributed by atoms with Crippen LogP contribution in [0.4, 0.5) is 5.82 Å². The van der Waals surface area contributed by atoms with Gasteiger partial charge >= 0.3 is 7.12 Å². The molecule has 0 spiro atoms. The van der Waals surface area contributed by atoms with Gasteiger partial charge in [0.25, 0.3) is 5.91 Å². The minimum absolute atomic E-state index is 0.313. The molecule has 33 heavy (non-hydrogen) atoms. The minimum atomic E-state index is -1.53. The molecule has 0 saturated heterocycles. The summed E-state index contributed by atoms with van der Waals surface area (Å²) in [6.45, 7) is 2.75. The molecule has 11 heteroatoms. The first-order chi connectivity index (χ1) is 15.9. The van der Waals surface area contributed by atoms with E-state index in [1.165, 1.54) is 0 Å². The Kier molecular flexibility index (Phi) is 5.19. The van der Waals surface area contributed by atoms with Crippen LogP contribution in [0.25, 0.3) is 17.2 Å². The molecule has 3 aromatic heterocycles. The highest BCUT2D eigenvalue weighted by Gasteiger charge is 2.25. The molecule has 166 valence electrons. The monoisotopic (exact) mass is 444 g/mol. The molecule has 4 heterocycles. The van der Waals surface area contributed by atoms with Crippen LogP contribution in [0, 0.1) is 6.92 Å². The van der Waals surface area contributed by atoms with Gasteiger partial charge in [-0.15, -0.1) is 0 Å². The summed E-state index contributed by atoms with van der Waals surface area (Å²) >= 11 is 0. The van der Waals surface area contributed by atoms with E-state index in [0.717, 1.165) is 11.1 Å². The quantitative estimate of drug-likeness (QED) is 0.313. The number of rotatable bonds is 6. The lowest BCUT2D eigenvalue weighted by Gasteiger charge is -2.12. The number of ether oxygens (including phenoxy) is 1. The van der Waals surface area contributed by atoms with Crippen molar-refractivity contribution in [2.45, 2.75) is 19.9 Å². The van der Waals surface area contributed by atoms with Crippen LogP contribution < -0.4 is 21.3 Å². The zero-order valence-electron chi connectivity index (χ0n) is 17.8. The summed E-state index contributed by atoms with van der Waals surface area (Å²) in [7, 11) is -1.53. The number of pyridine rings is 1. The van der Waals surface area contributed by atoms with Crippen LogP contribution in [0.15, 0.2) is 42.6 Å². The molecular weight excluding hydrogens is 423 g/mol. The Labute approximate surface area is 189 Å². The van der Waals surface area contributed by atoms with Gasteiger partial charge in [-0.05, 0) is 30.1 Å². The van der Waals surface area contributed by atoms with Crippen LogP contribution in [0.2, 0.25) is 0 Å². The van der Waals surface area contributed by atoms with Gasteiger partial charge in [0.2, 0.25) is 5.88 Å². The zero-order valence-corrected chi connectivity index (χ0v) is 17.8. The van der Waals surface area contributed by atoms with E-state index < -0.39 is 13.0 Å². The summed E-state index contributed by atoms with van der Waals surface area (Å²) in [4.78, 5) is 25.8. The number of benzene rings is 1.